The Kier molecular flexibility index (Phi) is 6.54. The zero-order valence-corrected chi connectivity index (χ0v) is 16.5. The van der Waals surface area contributed by atoms with Crippen LogP contribution >= 0.6 is 23.2 Å². The Labute approximate surface area is 172 Å². The highest BCUT2D eigenvalue weighted by Gasteiger charge is 2.22. The molecular formula is C20H19Cl2N3O3. The van der Waals surface area contributed by atoms with Crippen LogP contribution in [0.25, 0.3) is 0 Å². The molecule has 2 aromatic rings. The fourth-order valence-electron chi connectivity index (χ4n) is 3.08. The number of halogens is 2. The van der Waals surface area contributed by atoms with Gasteiger partial charge in [0.2, 0.25) is 11.8 Å². The van der Waals surface area contributed by atoms with E-state index in [1.54, 1.807) is 4.90 Å². The van der Waals surface area contributed by atoms with Gasteiger partial charge in [-0.25, -0.2) is 0 Å². The number of nitrogens with zero attached hydrogens (tertiary/aromatic N) is 1. The normalized spacial score (nSPS) is 12.9. The molecule has 0 radical (unpaired) electrons. The van der Waals surface area contributed by atoms with Gasteiger partial charge in [0.15, 0.2) is 0 Å². The number of amides is 3. The molecule has 3 rings (SSSR count). The summed E-state index contributed by atoms with van der Waals surface area (Å²) in [4.78, 5) is 38.3. The number of para-hydroxylation sites is 1. The SMILES string of the molecule is O=C(CCC(=O)N1CCCc2ccccc21)NNC(=O)c1ccc(Cl)cc1Cl. The molecule has 0 aromatic heterocycles. The zero-order valence-electron chi connectivity index (χ0n) is 15.0. The van der Waals surface area contributed by atoms with Crippen LogP contribution in [0.1, 0.15) is 35.2 Å². The van der Waals surface area contributed by atoms with Gasteiger partial charge in [0, 0.05) is 30.1 Å². The number of hydrogen-bond donors (Lipinski definition) is 2. The Balaban J connectivity index is 1.49. The van der Waals surface area contributed by atoms with Crippen LogP contribution in [0.15, 0.2) is 42.5 Å². The van der Waals surface area contributed by atoms with Gasteiger partial charge >= 0.3 is 0 Å². The van der Waals surface area contributed by atoms with E-state index >= 15 is 0 Å². The second kappa shape index (κ2) is 9.08. The molecule has 0 atom stereocenters. The largest absolute Gasteiger partial charge is 0.312 e. The minimum absolute atomic E-state index is 0.0356. The molecule has 6 nitrogen and oxygen atoms in total. The van der Waals surface area contributed by atoms with Gasteiger partial charge in [0.1, 0.15) is 0 Å². The molecule has 1 aliphatic heterocycles. The summed E-state index contributed by atoms with van der Waals surface area (Å²) < 4.78 is 0. The van der Waals surface area contributed by atoms with Gasteiger partial charge in [0.25, 0.3) is 5.91 Å². The first kappa shape index (κ1) is 20.2. The van der Waals surface area contributed by atoms with Gasteiger partial charge in [-0.2, -0.15) is 0 Å². The summed E-state index contributed by atoms with van der Waals surface area (Å²) in [6.07, 6.45) is 1.86. The van der Waals surface area contributed by atoms with E-state index < -0.39 is 11.8 Å². The van der Waals surface area contributed by atoms with Crippen molar-refractivity contribution >= 4 is 46.6 Å². The van der Waals surface area contributed by atoms with Crippen LogP contribution in [0.4, 0.5) is 5.69 Å². The van der Waals surface area contributed by atoms with E-state index in [1.807, 2.05) is 24.3 Å². The molecular weight excluding hydrogens is 401 g/mol. The predicted octanol–water partition coefficient (Wildman–Crippen LogP) is 3.51. The number of fused-ring (bicyclic) bond motifs is 1. The number of rotatable bonds is 4. The Hall–Kier alpha value is -2.57. The Bertz CT molecular complexity index is 917. The Morgan fingerprint density at radius 3 is 2.57 bits per heavy atom. The third-order valence-electron chi connectivity index (χ3n) is 4.47. The van der Waals surface area contributed by atoms with Crippen molar-refractivity contribution < 1.29 is 14.4 Å². The molecule has 2 N–H and O–H groups in total. The summed E-state index contributed by atoms with van der Waals surface area (Å²) in [5, 5.41) is 0.585. The van der Waals surface area contributed by atoms with E-state index in [0.29, 0.717) is 11.6 Å². The lowest BCUT2D eigenvalue weighted by atomic mass is 10.0. The fraction of sp³-hybridized carbons (Fsp3) is 0.250. The minimum Gasteiger partial charge on any atom is -0.312 e. The molecule has 0 aliphatic carbocycles. The van der Waals surface area contributed by atoms with Crippen LogP contribution in [-0.4, -0.2) is 24.3 Å². The minimum atomic E-state index is -0.564. The lowest BCUT2D eigenvalue weighted by molar-refractivity contribution is -0.125. The first-order valence-corrected chi connectivity index (χ1v) is 9.64. The summed E-state index contributed by atoms with van der Waals surface area (Å²) >= 11 is 11.8. The van der Waals surface area contributed by atoms with E-state index in [1.165, 1.54) is 18.2 Å². The molecule has 0 bridgehead atoms. The molecule has 0 fully saturated rings. The van der Waals surface area contributed by atoms with Gasteiger partial charge in [-0.3, -0.25) is 25.2 Å². The monoisotopic (exact) mass is 419 g/mol. The molecule has 2 aromatic carbocycles. The molecule has 1 aliphatic rings. The lowest BCUT2D eigenvalue weighted by Crippen LogP contribution is -2.42. The van der Waals surface area contributed by atoms with E-state index in [-0.39, 0.29) is 29.3 Å². The number of aryl methyl sites for hydroxylation is 1. The van der Waals surface area contributed by atoms with Crippen molar-refractivity contribution in [2.45, 2.75) is 25.7 Å². The van der Waals surface area contributed by atoms with Gasteiger partial charge in [-0.15, -0.1) is 0 Å². The quantitative estimate of drug-likeness (QED) is 0.744. The van der Waals surface area contributed by atoms with Crippen molar-refractivity contribution in [2.24, 2.45) is 0 Å². The van der Waals surface area contributed by atoms with Crippen LogP contribution in [0.5, 0.6) is 0 Å². The van der Waals surface area contributed by atoms with Gasteiger partial charge in [0.05, 0.1) is 10.6 Å². The van der Waals surface area contributed by atoms with E-state index in [2.05, 4.69) is 10.9 Å². The molecule has 3 amide bonds. The molecule has 8 heteroatoms. The molecule has 28 heavy (non-hydrogen) atoms. The predicted molar refractivity (Wildman–Crippen MR) is 108 cm³/mol. The van der Waals surface area contributed by atoms with E-state index in [0.717, 1.165) is 24.1 Å². The second-order valence-electron chi connectivity index (χ2n) is 6.40. The standard InChI is InChI=1S/C20H19Cl2N3O3/c21-14-7-8-15(16(22)12-14)20(28)24-23-18(26)9-10-19(27)25-11-3-5-13-4-1-2-6-17(13)25/h1-2,4,6-8,12H,3,5,9-11H2,(H,23,26)(H,24,28). The fourth-order valence-corrected chi connectivity index (χ4v) is 3.57. The second-order valence-corrected chi connectivity index (χ2v) is 7.25. The Morgan fingerprint density at radius 2 is 1.79 bits per heavy atom. The summed E-state index contributed by atoms with van der Waals surface area (Å²) in [5.74, 6) is -1.14. The zero-order chi connectivity index (χ0) is 20.1. The molecule has 0 saturated carbocycles. The molecule has 0 spiro atoms. The summed E-state index contributed by atoms with van der Waals surface area (Å²) in [7, 11) is 0. The highest BCUT2D eigenvalue weighted by Crippen LogP contribution is 2.27. The number of nitrogens with one attached hydrogen (secondary N) is 2. The van der Waals surface area contributed by atoms with Gasteiger partial charge in [-0.05, 0) is 42.7 Å². The smallest absolute Gasteiger partial charge is 0.271 e. The first-order valence-electron chi connectivity index (χ1n) is 8.88. The summed E-state index contributed by atoms with van der Waals surface area (Å²) in [6.45, 7) is 0.642. The van der Waals surface area contributed by atoms with Crippen molar-refractivity contribution in [1.82, 2.24) is 10.9 Å². The first-order chi connectivity index (χ1) is 13.5. The number of carbonyl (C=O) groups excluding carboxylic acids is 3. The third-order valence-corrected chi connectivity index (χ3v) is 5.02. The van der Waals surface area contributed by atoms with Crippen LogP contribution < -0.4 is 15.8 Å². The van der Waals surface area contributed by atoms with Crippen LogP contribution in [0.2, 0.25) is 10.0 Å². The third kappa shape index (κ3) is 4.82. The highest BCUT2D eigenvalue weighted by atomic mass is 35.5. The molecule has 1 heterocycles. The number of benzene rings is 2. The van der Waals surface area contributed by atoms with Crippen LogP contribution in [0.3, 0.4) is 0 Å². The molecule has 146 valence electrons. The van der Waals surface area contributed by atoms with Crippen molar-refractivity contribution in [3.8, 4) is 0 Å². The van der Waals surface area contributed by atoms with Crippen molar-refractivity contribution in [2.75, 3.05) is 11.4 Å². The van der Waals surface area contributed by atoms with Gasteiger partial charge < -0.3 is 4.90 Å². The number of carbonyl (C=O) groups is 3. The topological polar surface area (TPSA) is 78.5 Å². The maximum atomic E-state index is 12.5. The van der Waals surface area contributed by atoms with Crippen LogP contribution in [-0.2, 0) is 16.0 Å². The number of hydrogen-bond acceptors (Lipinski definition) is 3. The van der Waals surface area contributed by atoms with Gasteiger partial charge in [-0.1, -0.05) is 41.4 Å². The molecule has 0 saturated heterocycles. The van der Waals surface area contributed by atoms with E-state index in [4.69, 9.17) is 23.2 Å². The maximum Gasteiger partial charge on any atom is 0.271 e. The number of hydrazine groups is 1. The summed E-state index contributed by atoms with van der Waals surface area (Å²) in [6, 6.07) is 12.2. The van der Waals surface area contributed by atoms with Crippen molar-refractivity contribution in [3.63, 3.8) is 0 Å². The Morgan fingerprint density at radius 1 is 1.00 bits per heavy atom. The van der Waals surface area contributed by atoms with Crippen molar-refractivity contribution in [3.05, 3.63) is 63.6 Å². The summed E-state index contributed by atoms with van der Waals surface area (Å²) in [5.41, 5.74) is 6.82. The highest BCUT2D eigenvalue weighted by molar-refractivity contribution is 6.36. The van der Waals surface area contributed by atoms with Crippen molar-refractivity contribution in [1.29, 1.82) is 0 Å². The number of anilines is 1. The van der Waals surface area contributed by atoms with Crippen LogP contribution in [0, 0.1) is 0 Å². The van der Waals surface area contributed by atoms with E-state index in [9.17, 15) is 14.4 Å². The molecule has 0 unspecified atom stereocenters. The average Bonchev–Trinajstić information content (AvgIpc) is 2.69. The maximum absolute atomic E-state index is 12.5. The lowest BCUT2D eigenvalue weighted by Gasteiger charge is -2.29. The average molecular weight is 420 g/mol.